The van der Waals surface area contributed by atoms with Crippen molar-refractivity contribution < 1.29 is 9.53 Å². The third kappa shape index (κ3) is 4.04. The Morgan fingerprint density at radius 3 is 2.68 bits per heavy atom. The lowest BCUT2D eigenvalue weighted by Gasteiger charge is -2.05. The summed E-state index contributed by atoms with van der Waals surface area (Å²) in [5.74, 6) is -0.166. The van der Waals surface area contributed by atoms with Crippen molar-refractivity contribution in [2.24, 2.45) is 0 Å². The summed E-state index contributed by atoms with van der Waals surface area (Å²) in [5.41, 5.74) is 1.41. The number of thiophene rings is 1. The Morgan fingerprint density at radius 2 is 2.05 bits per heavy atom. The second kappa shape index (κ2) is 6.86. The Bertz CT molecular complexity index is 598. The quantitative estimate of drug-likeness (QED) is 0.666. The summed E-state index contributed by atoms with van der Waals surface area (Å²) >= 11 is 16.3. The molecular weight excluding hydrogens is 371 g/mol. The molecule has 0 saturated heterocycles. The fourth-order valence-electron chi connectivity index (χ4n) is 1.48. The molecule has 0 atom stereocenters. The van der Waals surface area contributed by atoms with Crippen LogP contribution in [0.4, 0.5) is 0 Å². The highest BCUT2D eigenvalue weighted by Crippen LogP contribution is 2.31. The lowest BCUT2D eigenvalue weighted by Crippen LogP contribution is -2.08. The van der Waals surface area contributed by atoms with E-state index >= 15 is 0 Å². The van der Waals surface area contributed by atoms with E-state index in [1.165, 1.54) is 11.3 Å². The maximum absolute atomic E-state index is 11.9. The molecular formula is C13H9BrCl2O2S. The van der Waals surface area contributed by atoms with Gasteiger partial charge in [0.15, 0.2) is 5.78 Å². The molecule has 0 unspecified atom stereocenters. The monoisotopic (exact) mass is 378 g/mol. The molecule has 2 nitrogen and oxygen atoms in total. The highest BCUT2D eigenvalue weighted by molar-refractivity contribution is 9.10. The second-order valence-corrected chi connectivity index (χ2v) is 6.89. The molecule has 0 N–H and O–H groups in total. The zero-order valence-electron chi connectivity index (χ0n) is 9.66. The molecule has 2 rings (SSSR count). The van der Waals surface area contributed by atoms with Gasteiger partial charge in [0, 0.05) is 4.47 Å². The molecule has 0 aliphatic rings. The van der Waals surface area contributed by atoms with Crippen LogP contribution in [0, 0.1) is 0 Å². The number of ketones is 1. The van der Waals surface area contributed by atoms with E-state index in [-0.39, 0.29) is 12.4 Å². The lowest BCUT2D eigenvalue weighted by atomic mass is 10.2. The van der Waals surface area contributed by atoms with Gasteiger partial charge in [-0.15, -0.1) is 11.3 Å². The third-order valence-corrected chi connectivity index (χ3v) is 4.67. The Morgan fingerprint density at radius 1 is 1.32 bits per heavy atom. The van der Waals surface area contributed by atoms with Gasteiger partial charge < -0.3 is 4.74 Å². The van der Waals surface area contributed by atoms with E-state index < -0.39 is 0 Å². The maximum Gasteiger partial charge on any atom is 0.190 e. The van der Waals surface area contributed by atoms with E-state index in [9.17, 15) is 4.79 Å². The van der Waals surface area contributed by atoms with Crippen molar-refractivity contribution in [1.29, 1.82) is 0 Å². The summed E-state index contributed by atoms with van der Waals surface area (Å²) in [5, 5.41) is 0. The van der Waals surface area contributed by atoms with Gasteiger partial charge in [-0.05, 0) is 17.7 Å². The summed E-state index contributed by atoms with van der Waals surface area (Å²) < 4.78 is 7.26. The van der Waals surface area contributed by atoms with Crippen molar-refractivity contribution in [2.45, 2.75) is 6.61 Å². The summed E-state index contributed by atoms with van der Waals surface area (Å²) in [6.07, 6.45) is 0. The number of hydrogen-bond donors (Lipinski definition) is 0. The summed E-state index contributed by atoms with van der Waals surface area (Å²) in [7, 11) is 0. The van der Waals surface area contributed by atoms with Crippen LogP contribution in [0.15, 0.2) is 34.8 Å². The van der Waals surface area contributed by atoms with Crippen LogP contribution in [0.25, 0.3) is 0 Å². The molecule has 0 aliphatic heterocycles. The number of Topliss-reactive ketones (excluding diaryl/α,β-unsaturated/α-hetero) is 1. The zero-order valence-corrected chi connectivity index (χ0v) is 13.6. The first-order valence-corrected chi connectivity index (χ1v) is 7.73. The van der Waals surface area contributed by atoms with Gasteiger partial charge in [0.05, 0.1) is 16.5 Å². The van der Waals surface area contributed by atoms with Crippen LogP contribution >= 0.6 is 50.5 Å². The van der Waals surface area contributed by atoms with Gasteiger partial charge >= 0.3 is 0 Å². The normalized spacial score (nSPS) is 10.7. The topological polar surface area (TPSA) is 26.3 Å². The molecule has 6 heteroatoms. The van der Waals surface area contributed by atoms with Crippen molar-refractivity contribution in [2.75, 3.05) is 6.61 Å². The number of rotatable bonds is 5. The average molecular weight is 380 g/mol. The highest BCUT2D eigenvalue weighted by Gasteiger charge is 2.14. The number of ether oxygens (including phenoxy) is 1. The van der Waals surface area contributed by atoms with Gasteiger partial charge in [-0.25, -0.2) is 0 Å². The SMILES string of the molecule is O=C(COCc1ccccc1Br)c1cc(Cl)sc1Cl. The predicted molar refractivity (Wildman–Crippen MR) is 82.5 cm³/mol. The second-order valence-electron chi connectivity index (χ2n) is 3.75. The van der Waals surface area contributed by atoms with Gasteiger partial charge in [-0.2, -0.15) is 0 Å². The molecule has 1 heterocycles. The largest absolute Gasteiger partial charge is 0.369 e. The lowest BCUT2D eigenvalue weighted by molar-refractivity contribution is 0.0726. The standard InChI is InChI=1S/C13H9BrCl2O2S/c14-10-4-2-1-3-8(10)6-18-7-11(17)9-5-12(15)19-13(9)16/h1-5H,6-7H2. The predicted octanol–water partition coefficient (Wildman–Crippen LogP) is 5.22. The summed E-state index contributed by atoms with van der Waals surface area (Å²) in [4.78, 5) is 11.9. The number of hydrogen-bond acceptors (Lipinski definition) is 3. The maximum atomic E-state index is 11.9. The number of halogens is 3. The van der Waals surface area contributed by atoms with Crippen LogP contribution in [0.1, 0.15) is 15.9 Å². The molecule has 0 radical (unpaired) electrons. The molecule has 1 aromatic carbocycles. The minimum absolute atomic E-state index is 0.0197. The Labute approximate surface area is 133 Å². The minimum Gasteiger partial charge on any atom is -0.369 e. The van der Waals surface area contributed by atoms with E-state index in [1.807, 2.05) is 24.3 Å². The molecule has 0 fully saturated rings. The van der Waals surface area contributed by atoms with Gasteiger partial charge in [0.25, 0.3) is 0 Å². The fraction of sp³-hybridized carbons (Fsp3) is 0.154. The molecule has 0 amide bonds. The van der Waals surface area contributed by atoms with Gasteiger partial charge in [-0.3, -0.25) is 4.79 Å². The zero-order chi connectivity index (χ0) is 13.8. The Kier molecular flexibility index (Phi) is 5.42. The first-order valence-electron chi connectivity index (χ1n) is 5.37. The van der Waals surface area contributed by atoms with Crippen molar-refractivity contribution in [3.8, 4) is 0 Å². The van der Waals surface area contributed by atoms with Crippen molar-refractivity contribution in [3.05, 3.63) is 54.6 Å². The number of carbonyl (C=O) groups excluding carboxylic acids is 1. The fourth-order valence-corrected chi connectivity index (χ4v) is 3.38. The molecule has 100 valence electrons. The van der Waals surface area contributed by atoms with Crippen LogP contribution in [0.5, 0.6) is 0 Å². The van der Waals surface area contributed by atoms with E-state index in [1.54, 1.807) is 6.07 Å². The Balaban J connectivity index is 1.91. The van der Waals surface area contributed by atoms with Crippen molar-refractivity contribution in [3.63, 3.8) is 0 Å². The smallest absolute Gasteiger partial charge is 0.190 e. The van der Waals surface area contributed by atoms with Crippen molar-refractivity contribution in [1.82, 2.24) is 0 Å². The summed E-state index contributed by atoms with van der Waals surface area (Å²) in [6, 6.07) is 9.27. The summed E-state index contributed by atoms with van der Waals surface area (Å²) in [6.45, 7) is 0.344. The number of carbonyl (C=O) groups is 1. The van der Waals surface area contributed by atoms with E-state index in [0.29, 0.717) is 20.8 Å². The first kappa shape index (κ1) is 15.0. The van der Waals surface area contributed by atoms with Crippen LogP contribution < -0.4 is 0 Å². The van der Waals surface area contributed by atoms with Crippen LogP contribution in [-0.4, -0.2) is 12.4 Å². The van der Waals surface area contributed by atoms with Crippen LogP contribution in [0.2, 0.25) is 8.67 Å². The molecule has 2 aromatic rings. The molecule has 0 saturated carbocycles. The minimum atomic E-state index is -0.166. The van der Waals surface area contributed by atoms with Gasteiger partial charge in [0.1, 0.15) is 10.9 Å². The third-order valence-electron chi connectivity index (χ3n) is 2.41. The van der Waals surface area contributed by atoms with E-state index in [4.69, 9.17) is 27.9 Å². The van der Waals surface area contributed by atoms with Gasteiger partial charge in [-0.1, -0.05) is 57.3 Å². The highest BCUT2D eigenvalue weighted by atomic mass is 79.9. The van der Waals surface area contributed by atoms with Gasteiger partial charge in [0.2, 0.25) is 0 Å². The molecule has 0 spiro atoms. The van der Waals surface area contributed by atoms with Crippen molar-refractivity contribution >= 4 is 56.3 Å². The first-order chi connectivity index (χ1) is 9.08. The number of benzene rings is 1. The molecule has 19 heavy (non-hydrogen) atoms. The average Bonchev–Trinajstić information content (AvgIpc) is 2.71. The Hall–Kier alpha value is -0.390. The molecule has 0 aliphatic carbocycles. The van der Waals surface area contributed by atoms with E-state index in [0.717, 1.165) is 10.0 Å². The van der Waals surface area contributed by atoms with E-state index in [2.05, 4.69) is 15.9 Å². The van der Waals surface area contributed by atoms with Crippen LogP contribution in [0.3, 0.4) is 0 Å². The molecule has 0 bridgehead atoms. The van der Waals surface area contributed by atoms with Crippen LogP contribution in [-0.2, 0) is 11.3 Å². The molecule has 1 aromatic heterocycles.